The van der Waals surface area contributed by atoms with Crippen molar-refractivity contribution >= 4 is 29.9 Å². The third-order valence-corrected chi connectivity index (χ3v) is 9.98. The molecule has 2 aliphatic carbocycles. The first-order valence-corrected chi connectivity index (χ1v) is 18.4. The van der Waals surface area contributed by atoms with Gasteiger partial charge in [0, 0.05) is 24.0 Å². The molecule has 0 aromatic heterocycles. The minimum absolute atomic E-state index is 0. The first-order valence-electron chi connectivity index (χ1n) is 18.4. The summed E-state index contributed by atoms with van der Waals surface area (Å²) >= 11 is 0. The van der Waals surface area contributed by atoms with E-state index in [1.807, 2.05) is 120 Å². The molecular weight excluding hydrogens is 685 g/mol. The van der Waals surface area contributed by atoms with Crippen molar-refractivity contribution < 1.29 is 24.2 Å². The molecule has 55 heavy (non-hydrogen) atoms. The van der Waals surface area contributed by atoms with E-state index >= 15 is 0 Å². The van der Waals surface area contributed by atoms with Crippen molar-refractivity contribution in [3.05, 3.63) is 152 Å². The molecule has 7 heteroatoms. The Labute approximate surface area is 328 Å². The van der Waals surface area contributed by atoms with Crippen LogP contribution in [-0.2, 0) is 35.2 Å². The normalized spacial score (nSPS) is 13.9. The summed E-state index contributed by atoms with van der Waals surface area (Å²) in [5.74, 6) is -0.758. The average Bonchev–Trinajstić information content (AvgIpc) is 3.69. The number of carbonyl (C=O) groups is 3. The van der Waals surface area contributed by atoms with Crippen LogP contribution in [0.15, 0.2) is 96.1 Å². The maximum atomic E-state index is 13.3. The van der Waals surface area contributed by atoms with E-state index in [1.54, 1.807) is 13.0 Å². The fourth-order valence-electron chi connectivity index (χ4n) is 7.41. The van der Waals surface area contributed by atoms with Crippen LogP contribution < -0.4 is 10.6 Å². The molecular formula is C48H60N2O5. The minimum atomic E-state index is -1.07. The highest BCUT2D eigenvalue weighted by Gasteiger charge is 2.46. The molecule has 2 aliphatic rings. The number of aryl methyl sites for hydroxylation is 2. The van der Waals surface area contributed by atoms with Gasteiger partial charge >= 0.3 is 5.97 Å². The Morgan fingerprint density at radius 3 is 1.42 bits per heavy atom. The molecule has 0 saturated heterocycles. The largest absolute Gasteiger partial charge is 0.464 e. The molecule has 0 aliphatic heterocycles. The molecule has 4 aromatic rings. The molecule has 7 nitrogen and oxygen atoms in total. The number of hydrogen-bond donors (Lipinski definition) is 3. The van der Waals surface area contributed by atoms with Gasteiger partial charge in [0.15, 0.2) is 0 Å². The van der Waals surface area contributed by atoms with Gasteiger partial charge in [-0.1, -0.05) is 111 Å². The third-order valence-electron chi connectivity index (χ3n) is 9.98. The van der Waals surface area contributed by atoms with Gasteiger partial charge in [-0.3, -0.25) is 9.59 Å². The summed E-state index contributed by atoms with van der Waals surface area (Å²) in [5.41, 5.74) is 10.3. The lowest BCUT2D eigenvalue weighted by atomic mass is 9.93. The third kappa shape index (κ3) is 10.1. The maximum Gasteiger partial charge on any atom is 0.332 e. The van der Waals surface area contributed by atoms with Crippen LogP contribution >= 0.6 is 0 Å². The molecule has 2 amide bonds. The zero-order chi connectivity index (χ0) is 38.3. The molecule has 6 rings (SSSR count). The molecule has 0 unspecified atom stereocenters. The minimum Gasteiger partial charge on any atom is -0.464 e. The number of hydrogen-bond acceptors (Lipinski definition) is 5. The van der Waals surface area contributed by atoms with Crippen LogP contribution in [0.3, 0.4) is 0 Å². The lowest BCUT2D eigenvalue weighted by Crippen LogP contribution is -2.56. The number of rotatable bonds is 9. The van der Waals surface area contributed by atoms with Gasteiger partial charge < -0.3 is 20.5 Å². The highest BCUT2D eigenvalue weighted by atomic mass is 16.5. The molecule has 0 atom stereocenters. The van der Waals surface area contributed by atoms with Gasteiger partial charge in [0.1, 0.15) is 5.54 Å². The molecule has 0 fully saturated rings. The quantitative estimate of drug-likeness (QED) is 0.148. The van der Waals surface area contributed by atoms with Gasteiger partial charge in [-0.15, -0.1) is 0 Å². The molecule has 0 radical (unpaired) electrons. The van der Waals surface area contributed by atoms with Crippen molar-refractivity contribution in [2.75, 3.05) is 13.2 Å². The molecule has 4 aromatic carbocycles. The number of benzene rings is 4. The smallest absolute Gasteiger partial charge is 0.332 e. The molecule has 0 spiro atoms. The number of aliphatic hydroxyl groups is 1. The van der Waals surface area contributed by atoms with Gasteiger partial charge in [-0.05, 0) is 118 Å². The SMILES string of the molecule is C.C.CC(C)=Cc1c(C)cccc1C(=O)NC1(CO)Cc2ccccc2C1.CCOC(=O)C1(NC(=O)c2cccc(C)c2C=C(C)C)Cc2ccccc2C1. The van der Waals surface area contributed by atoms with Gasteiger partial charge in [0.2, 0.25) is 0 Å². The Hall–Kier alpha value is -5.27. The predicted octanol–water partition coefficient (Wildman–Crippen LogP) is 9.20. The van der Waals surface area contributed by atoms with E-state index in [0.717, 1.165) is 44.5 Å². The van der Waals surface area contributed by atoms with E-state index in [2.05, 4.69) is 22.8 Å². The summed E-state index contributed by atoms with van der Waals surface area (Å²) in [7, 11) is 0. The predicted molar refractivity (Wildman–Crippen MR) is 226 cm³/mol. The zero-order valence-electron chi connectivity index (χ0n) is 32.1. The second-order valence-electron chi connectivity index (χ2n) is 14.9. The number of ether oxygens (including phenoxy) is 1. The van der Waals surface area contributed by atoms with Crippen molar-refractivity contribution in [1.29, 1.82) is 0 Å². The summed E-state index contributed by atoms with van der Waals surface area (Å²) in [4.78, 5) is 39.2. The highest BCUT2D eigenvalue weighted by molar-refractivity contribution is 6.02. The topological polar surface area (TPSA) is 105 Å². The maximum absolute atomic E-state index is 13.3. The second-order valence-corrected chi connectivity index (χ2v) is 14.9. The summed E-state index contributed by atoms with van der Waals surface area (Å²) in [6, 6.07) is 27.5. The molecule has 3 N–H and O–H groups in total. The summed E-state index contributed by atoms with van der Waals surface area (Å²) in [6.07, 6.45) is 6.25. The van der Waals surface area contributed by atoms with Crippen LogP contribution in [0.4, 0.5) is 0 Å². The van der Waals surface area contributed by atoms with E-state index in [1.165, 1.54) is 11.1 Å². The summed E-state index contributed by atoms with van der Waals surface area (Å²) in [6.45, 7) is 14.0. The monoisotopic (exact) mass is 744 g/mol. The summed E-state index contributed by atoms with van der Waals surface area (Å²) < 4.78 is 5.35. The van der Waals surface area contributed by atoms with Crippen LogP contribution in [0.1, 0.15) is 115 Å². The van der Waals surface area contributed by atoms with Crippen LogP contribution in [-0.4, -0.2) is 47.2 Å². The van der Waals surface area contributed by atoms with Crippen molar-refractivity contribution in [1.82, 2.24) is 10.6 Å². The second kappa shape index (κ2) is 18.9. The fourth-order valence-corrected chi connectivity index (χ4v) is 7.41. The molecule has 0 heterocycles. The Morgan fingerprint density at radius 1 is 0.636 bits per heavy atom. The van der Waals surface area contributed by atoms with E-state index in [-0.39, 0.29) is 45.9 Å². The zero-order valence-corrected chi connectivity index (χ0v) is 32.1. The lowest BCUT2D eigenvalue weighted by molar-refractivity contribution is -0.150. The lowest BCUT2D eigenvalue weighted by Gasteiger charge is -2.28. The van der Waals surface area contributed by atoms with Gasteiger partial charge in [-0.25, -0.2) is 4.79 Å². The number of fused-ring (bicyclic) bond motifs is 2. The van der Waals surface area contributed by atoms with Crippen molar-refractivity contribution in [3.8, 4) is 0 Å². The highest BCUT2D eigenvalue weighted by Crippen LogP contribution is 2.33. The number of esters is 1. The van der Waals surface area contributed by atoms with E-state index in [9.17, 15) is 19.5 Å². The molecule has 292 valence electrons. The van der Waals surface area contributed by atoms with E-state index in [4.69, 9.17) is 4.74 Å². The standard InChI is InChI=1S/C24H27NO3.C22H25NO2.2CH4/c1-5-28-23(27)24(14-18-10-6-7-11-19(18)15-24)25-22(26)20-12-8-9-17(4)21(20)13-16(2)3;1-15(2)11-20-16(3)7-6-10-19(20)21(25)23-22(14-24)12-17-8-4-5-9-18(17)13-22;;/h6-13H,5,14-15H2,1-4H3,(H,25,26);4-11,24H,12-14H2,1-3H3,(H,23,25);2*1H4. The van der Waals surface area contributed by atoms with Gasteiger partial charge in [0.05, 0.1) is 18.8 Å². The molecule has 0 bridgehead atoms. The fraction of sp³-hybridized carbons (Fsp3) is 0.354. The van der Waals surface area contributed by atoms with Crippen LogP contribution in [0, 0.1) is 13.8 Å². The van der Waals surface area contributed by atoms with Crippen LogP contribution in [0.2, 0.25) is 0 Å². The number of amides is 2. The first-order chi connectivity index (χ1) is 25.3. The van der Waals surface area contributed by atoms with Crippen LogP contribution in [0.25, 0.3) is 12.2 Å². The molecule has 0 saturated carbocycles. The number of allylic oxidation sites excluding steroid dienone is 2. The van der Waals surface area contributed by atoms with E-state index in [0.29, 0.717) is 36.8 Å². The number of carbonyl (C=O) groups excluding carboxylic acids is 3. The number of nitrogens with one attached hydrogen (secondary N) is 2. The van der Waals surface area contributed by atoms with Gasteiger partial charge in [0.25, 0.3) is 11.8 Å². The van der Waals surface area contributed by atoms with E-state index < -0.39 is 11.1 Å². The Balaban J connectivity index is 0.000000287. The Bertz CT molecular complexity index is 2020. The van der Waals surface area contributed by atoms with Crippen molar-refractivity contribution in [2.24, 2.45) is 0 Å². The van der Waals surface area contributed by atoms with Crippen molar-refractivity contribution in [3.63, 3.8) is 0 Å². The van der Waals surface area contributed by atoms with Crippen molar-refractivity contribution in [2.45, 2.75) is 100 Å². The first kappa shape index (κ1) is 44.1. The van der Waals surface area contributed by atoms with Gasteiger partial charge in [-0.2, -0.15) is 0 Å². The van der Waals surface area contributed by atoms with Crippen LogP contribution in [0.5, 0.6) is 0 Å². The average molecular weight is 745 g/mol. The summed E-state index contributed by atoms with van der Waals surface area (Å²) in [5, 5.41) is 16.2. The Kier molecular flexibility index (Phi) is 15.1. The Morgan fingerprint density at radius 2 is 1.04 bits per heavy atom. The number of aliphatic hydroxyl groups excluding tert-OH is 1.